The van der Waals surface area contributed by atoms with E-state index in [1.165, 1.54) is 64.2 Å². The molecular formula is C23H40O2. The number of rotatable bonds is 11. The Hall–Kier alpha value is -0.600. The monoisotopic (exact) mass is 348 g/mol. The molecule has 2 rings (SSSR count). The third-order valence-electron chi connectivity index (χ3n) is 6.31. The van der Waals surface area contributed by atoms with Crippen molar-refractivity contribution in [2.45, 2.75) is 71.1 Å². The van der Waals surface area contributed by atoms with Gasteiger partial charge in [0.05, 0.1) is 13.2 Å². The highest BCUT2D eigenvalue weighted by molar-refractivity contribution is 4.78. The standard InChI is InChI=1S/C23H40O2/c1-3-5-17-25-19-23-14-10-21(11-15-23)7-6-20-8-12-22(13-9-20)18-24-16-4-2/h3-5,20-23H,2,6-19H2,1H3/b5-3-/t20-,21?,22-,23?. The van der Waals surface area contributed by atoms with Gasteiger partial charge in [0.1, 0.15) is 0 Å². The highest BCUT2D eigenvalue weighted by atomic mass is 16.5. The molecule has 2 heteroatoms. The van der Waals surface area contributed by atoms with Gasteiger partial charge in [0.25, 0.3) is 0 Å². The predicted octanol–water partition coefficient (Wildman–Crippen LogP) is 6.17. The SMILES string of the molecule is C=CCOC[C@H]1CC[C@H](CCC2CCC(COC/C=C\C)CC2)CC1. The molecule has 0 aliphatic heterocycles. The van der Waals surface area contributed by atoms with Crippen molar-refractivity contribution in [1.82, 2.24) is 0 Å². The third kappa shape index (κ3) is 8.55. The molecule has 144 valence electrons. The lowest BCUT2D eigenvalue weighted by Gasteiger charge is -2.31. The van der Waals surface area contributed by atoms with Gasteiger partial charge in [0.15, 0.2) is 0 Å². The van der Waals surface area contributed by atoms with Crippen LogP contribution in [0.15, 0.2) is 24.8 Å². The normalized spacial score (nSPS) is 30.6. The topological polar surface area (TPSA) is 18.5 Å². The molecule has 0 aromatic heterocycles. The van der Waals surface area contributed by atoms with E-state index in [4.69, 9.17) is 9.47 Å². The van der Waals surface area contributed by atoms with E-state index in [0.29, 0.717) is 6.61 Å². The maximum Gasteiger partial charge on any atom is 0.0647 e. The van der Waals surface area contributed by atoms with Crippen LogP contribution in [0.4, 0.5) is 0 Å². The van der Waals surface area contributed by atoms with Crippen molar-refractivity contribution in [1.29, 1.82) is 0 Å². The third-order valence-corrected chi connectivity index (χ3v) is 6.31. The maximum absolute atomic E-state index is 5.75. The molecule has 0 amide bonds. The summed E-state index contributed by atoms with van der Waals surface area (Å²) in [5.41, 5.74) is 0. The van der Waals surface area contributed by atoms with Gasteiger partial charge in [0.2, 0.25) is 0 Å². The molecule has 0 spiro atoms. The summed E-state index contributed by atoms with van der Waals surface area (Å²) < 4.78 is 11.4. The number of hydrogen-bond acceptors (Lipinski definition) is 2. The van der Waals surface area contributed by atoms with E-state index in [-0.39, 0.29) is 0 Å². The van der Waals surface area contributed by atoms with Crippen LogP contribution in [0.3, 0.4) is 0 Å². The lowest BCUT2D eigenvalue weighted by Crippen LogP contribution is -2.21. The second-order valence-electron chi connectivity index (χ2n) is 8.28. The molecule has 2 aliphatic rings. The zero-order chi connectivity index (χ0) is 17.7. The fraction of sp³-hybridized carbons (Fsp3) is 0.826. The molecule has 2 fully saturated rings. The number of hydrogen-bond donors (Lipinski definition) is 0. The summed E-state index contributed by atoms with van der Waals surface area (Å²) in [5, 5.41) is 0. The Kier molecular flexibility index (Phi) is 10.5. The smallest absolute Gasteiger partial charge is 0.0647 e. The lowest BCUT2D eigenvalue weighted by atomic mass is 9.76. The molecule has 0 unspecified atom stereocenters. The highest BCUT2D eigenvalue weighted by Gasteiger charge is 2.24. The molecule has 0 bridgehead atoms. The van der Waals surface area contributed by atoms with Gasteiger partial charge >= 0.3 is 0 Å². The first-order valence-electron chi connectivity index (χ1n) is 10.7. The Morgan fingerprint density at radius 1 is 0.720 bits per heavy atom. The first kappa shape index (κ1) is 20.7. The van der Waals surface area contributed by atoms with Gasteiger partial charge in [-0.1, -0.05) is 56.8 Å². The van der Waals surface area contributed by atoms with Crippen LogP contribution in [-0.4, -0.2) is 26.4 Å². The summed E-state index contributed by atoms with van der Waals surface area (Å²) in [6.45, 7) is 9.18. The van der Waals surface area contributed by atoms with Crippen LogP contribution < -0.4 is 0 Å². The molecule has 2 aliphatic carbocycles. The van der Waals surface area contributed by atoms with Gasteiger partial charge in [-0.2, -0.15) is 0 Å². The van der Waals surface area contributed by atoms with Crippen molar-refractivity contribution in [2.75, 3.05) is 26.4 Å². The first-order chi connectivity index (χ1) is 12.3. The molecule has 2 nitrogen and oxygen atoms in total. The van der Waals surface area contributed by atoms with E-state index in [0.717, 1.165) is 43.5 Å². The van der Waals surface area contributed by atoms with E-state index < -0.39 is 0 Å². The molecule has 0 atom stereocenters. The van der Waals surface area contributed by atoms with E-state index >= 15 is 0 Å². The van der Waals surface area contributed by atoms with E-state index in [9.17, 15) is 0 Å². The van der Waals surface area contributed by atoms with Gasteiger partial charge < -0.3 is 9.47 Å². The Bertz CT molecular complexity index is 360. The van der Waals surface area contributed by atoms with E-state index in [1.807, 2.05) is 6.08 Å². The Balaban J connectivity index is 1.50. The van der Waals surface area contributed by atoms with Crippen LogP contribution in [0.1, 0.15) is 71.1 Å². The minimum Gasteiger partial charge on any atom is -0.377 e. The Morgan fingerprint density at radius 2 is 1.16 bits per heavy atom. The zero-order valence-electron chi connectivity index (χ0n) is 16.5. The lowest BCUT2D eigenvalue weighted by molar-refractivity contribution is 0.0877. The number of ether oxygens (including phenoxy) is 2. The summed E-state index contributed by atoms with van der Waals surface area (Å²) in [6, 6.07) is 0. The fourth-order valence-electron chi connectivity index (χ4n) is 4.56. The van der Waals surface area contributed by atoms with Crippen molar-refractivity contribution in [3.8, 4) is 0 Å². The molecule has 25 heavy (non-hydrogen) atoms. The van der Waals surface area contributed by atoms with Crippen molar-refractivity contribution in [3.05, 3.63) is 24.8 Å². The van der Waals surface area contributed by atoms with Gasteiger partial charge in [-0.25, -0.2) is 0 Å². The van der Waals surface area contributed by atoms with Gasteiger partial charge in [-0.3, -0.25) is 0 Å². The van der Waals surface area contributed by atoms with Crippen molar-refractivity contribution in [3.63, 3.8) is 0 Å². The highest BCUT2D eigenvalue weighted by Crippen LogP contribution is 2.36. The van der Waals surface area contributed by atoms with Crippen molar-refractivity contribution in [2.24, 2.45) is 23.7 Å². The average Bonchev–Trinajstić information content (AvgIpc) is 2.66. The molecule has 2 saturated carbocycles. The Labute approximate surface area is 156 Å². The van der Waals surface area contributed by atoms with Crippen LogP contribution in [0.2, 0.25) is 0 Å². The van der Waals surface area contributed by atoms with Gasteiger partial charge in [-0.15, -0.1) is 6.58 Å². The summed E-state index contributed by atoms with van der Waals surface area (Å²) >= 11 is 0. The van der Waals surface area contributed by atoms with Crippen molar-refractivity contribution < 1.29 is 9.47 Å². The van der Waals surface area contributed by atoms with Crippen LogP contribution in [0, 0.1) is 23.7 Å². The molecule has 0 aromatic rings. The summed E-state index contributed by atoms with van der Waals surface area (Å²) in [7, 11) is 0. The quantitative estimate of drug-likeness (QED) is 0.328. The minimum atomic E-state index is 0.711. The first-order valence-corrected chi connectivity index (χ1v) is 10.7. The average molecular weight is 349 g/mol. The molecular weight excluding hydrogens is 308 g/mol. The molecule has 0 N–H and O–H groups in total. The Morgan fingerprint density at radius 3 is 1.60 bits per heavy atom. The summed E-state index contributed by atoms with van der Waals surface area (Å²) in [6.07, 6.45) is 20.2. The van der Waals surface area contributed by atoms with E-state index in [2.05, 4.69) is 25.7 Å². The number of allylic oxidation sites excluding steroid dienone is 1. The summed E-state index contributed by atoms with van der Waals surface area (Å²) in [5.74, 6) is 3.58. The minimum absolute atomic E-state index is 0.711. The second kappa shape index (κ2) is 12.7. The summed E-state index contributed by atoms with van der Waals surface area (Å²) in [4.78, 5) is 0. The second-order valence-corrected chi connectivity index (χ2v) is 8.28. The molecule has 0 radical (unpaired) electrons. The van der Waals surface area contributed by atoms with E-state index in [1.54, 1.807) is 0 Å². The van der Waals surface area contributed by atoms with Crippen LogP contribution in [0.5, 0.6) is 0 Å². The van der Waals surface area contributed by atoms with Crippen LogP contribution >= 0.6 is 0 Å². The zero-order valence-corrected chi connectivity index (χ0v) is 16.5. The van der Waals surface area contributed by atoms with Gasteiger partial charge in [-0.05, 0) is 56.3 Å². The maximum atomic E-state index is 5.75. The largest absolute Gasteiger partial charge is 0.377 e. The van der Waals surface area contributed by atoms with Crippen LogP contribution in [-0.2, 0) is 9.47 Å². The predicted molar refractivity (Wildman–Crippen MR) is 107 cm³/mol. The molecule has 0 heterocycles. The van der Waals surface area contributed by atoms with Crippen molar-refractivity contribution >= 4 is 0 Å². The van der Waals surface area contributed by atoms with Gasteiger partial charge in [0, 0.05) is 13.2 Å². The van der Waals surface area contributed by atoms with Crippen LogP contribution in [0.25, 0.3) is 0 Å². The molecule has 0 saturated heterocycles. The fourth-order valence-corrected chi connectivity index (χ4v) is 4.56. The molecule has 0 aromatic carbocycles.